The summed E-state index contributed by atoms with van der Waals surface area (Å²) in [5.41, 5.74) is 3.45. The van der Waals surface area contributed by atoms with Gasteiger partial charge in [-0.2, -0.15) is 0 Å². The molecule has 1 aliphatic heterocycles. The van der Waals surface area contributed by atoms with Crippen LogP contribution in [0.25, 0.3) is 11.3 Å². The quantitative estimate of drug-likeness (QED) is 0.376. The zero-order chi connectivity index (χ0) is 24.9. The monoisotopic (exact) mass is 513 g/mol. The second-order valence-corrected chi connectivity index (χ2v) is 8.67. The zero-order valence-electron chi connectivity index (χ0n) is 19.2. The largest absolute Gasteiger partial charge is 0.465 e. The molecule has 8 nitrogen and oxygen atoms in total. The Morgan fingerprint density at radius 1 is 1.09 bits per heavy atom. The summed E-state index contributed by atoms with van der Waals surface area (Å²) in [7, 11) is 1.32. The van der Waals surface area contributed by atoms with E-state index in [-0.39, 0.29) is 10.9 Å². The van der Waals surface area contributed by atoms with E-state index in [1.165, 1.54) is 7.11 Å². The number of nitrogens with zero attached hydrogens (tertiary/aromatic N) is 1. The molecule has 0 atom stereocenters. The number of carbonyl (C=O) groups is 2. The summed E-state index contributed by atoms with van der Waals surface area (Å²) in [6, 6.07) is 13.9. The van der Waals surface area contributed by atoms with Gasteiger partial charge in [-0.1, -0.05) is 23.7 Å². The van der Waals surface area contributed by atoms with Crippen molar-refractivity contribution in [2.24, 2.45) is 0 Å². The molecule has 1 fully saturated rings. The van der Waals surface area contributed by atoms with Gasteiger partial charge in [0.1, 0.15) is 5.76 Å². The van der Waals surface area contributed by atoms with Crippen LogP contribution in [0.2, 0.25) is 5.02 Å². The van der Waals surface area contributed by atoms with E-state index in [0.717, 1.165) is 16.8 Å². The minimum Gasteiger partial charge on any atom is -0.465 e. The Morgan fingerprint density at radius 3 is 2.57 bits per heavy atom. The molecule has 0 spiro atoms. The van der Waals surface area contributed by atoms with Crippen LogP contribution in [0, 0.1) is 6.92 Å². The standard InChI is InChI=1S/C25H24ClN3O5S/c1-15-3-4-16(13-18(15)26)21-7-8-22(34-21)23(30)28-25(35)27-19-14-17(24(31)32-2)5-6-20(19)29-9-11-33-12-10-29/h3-8,13-14H,9-12H2,1-2H3,(H2,27,28,30,35). The van der Waals surface area contributed by atoms with E-state index in [4.69, 9.17) is 37.7 Å². The first kappa shape index (κ1) is 24.7. The van der Waals surface area contributed by atoms with Crippen molar-refractivity contribution in [1.82, 2.24) is 5.32 Å². The highest BCUT2D eigenvalue weighted by atomic mass is 35.5. The average Bonchev–Trinajstić information content (AvgIpc) is 3.36. The van der Waals surface area contributed by atoms with Gasteiger partial charge in [0.15, 0.2) is 10.9 Å². The number of ether oxygens (including phenoxy) is 2. The fourth-order valence-corrected chi connectivity index (χ4v) is 4.02. The van der Waals surface area contributed by atoms with Gasteiger partial charge in [-0.3, -0.25) is 10.1 Å². The van der Waals surface area contributed by atoms with Crippen LogP contribution in [0.15, 0.2) is 52.9 Å². The highest BCUT2D eigenvalue weighted by Gasteiger charge is 2.19. The molecular formula is C25H24ClN3O5S. The lowest BCUT2D eigenvalue weighted by molar-refractivity contribution is 0.0600. The van der Waals surface area contributed by atoms with Crippen LogP contribution < -0.4 is 15.5 Å². The molecule has 4 rings (SSSR count). The van der Waals surface area contributed by atoms with Crippen molar-refractivity contribution in [3.05, 3.63) is 70.4 Å². The Bertz CT molecular complexity index is 1270. The fraction of sp³-hybridized carbons (Fsp3) is 0.240. The van der Waals surface area contributed by atoms with Gasteiger partial charge in [-0.05, 0) is 61.1 Å². The van der Waals surface area contributed by atoms with Crippen LogP contribution in [0.4, 0.5) is 11.4 Å². The summed E-state index contributed by atoms with van der Waals surface area (Å²) in [6.45, 7) is 4.46. The molecule has 0 unspecified atom stereocenters. The van der Waals surface area contributed by atoms with Crippen LogP contribution in [0.3, 0.4) is 0 Å². The van der Waals surface area contributed by atoms with Gasteiger partial charge in [0.25, 0.3) is 5.91 Å². The van der Waals surface area contributed by atoms with E-state index >= 15 is 0 Å². The van der Waals surface area contributed by atoms with Crippen molar-refractivity contribution >= 4 is 52.2 Å². The average molecular weight is 514 g/mol. The molecule has 0 radical (unpaired) electrons. The number of methoxy groups -OCH3 is 1. The van der Waals surface area contributed by atoms with Crippen LogP contribution >= 0.6 is 23.8 Å². The maximum atomic E-state index is 12.8. The number of esters is 1. The second kappa shape index (κ2) is 10.9. The van der Waals surface area contributed by atoms with Crippen LogP contribution in [0.5, 0.6) is 0 Å². The van der Waals surface area contributed by atoms with Crippen molar-refractivity contribution in [2.45, 2.75) is 6.92 Å². The number of furan rings is 1. The Kier molecular flexibility index (Phi) is 7.70. The molecule has 1 aromatic heterocycles. The Balaban J connectivity index is 1.49. The van der Waals surface area contributed by atoms with E-state index in [0.29, 0.717) is 48.3 Å². The molecule has 35 heavy (non-hydrogen) atoms. The van der Waals surface area contributed by atoms with Crippen molar-refractivity contribution in [3.63, 3.8) is 0 Å². The predicted molar refractivity (Wildman–Crippen MR) is 138 cm³/mol. The van der Waals surface area contributed by atoms with Crippen LogP contribution in [-0.4, -0.2) is 50.4 Å². The molecule has 182 valence electrons. The van der Waals surface area contributed by atoms with E-state index in [1.54, 1.807) is 30.3 Å². The summed E-state index contributed by atoms with van der Waals surface area (Å²) >= 11 is 11.6. The van der Waals surface area contributed by atoms with E-state index in [2.05, 4.69) is 15.5 Å². The molecule has 1 aliphatic rings. The number of benzene rings is 2. The van der Waals surface area contributed by atoms with Crippen LogP contribution in [0.1, 0.15) is 26.5 Å². The molecule has 2 heterocycles. The number of amides is 1. The van der Waals surface area contributed by atoms with Crippen molar-refractivity contribution in [3.8, 4) is 11.3 Å². The molecule has 2 N–H and O–H groups in total. The first-order valence-corrected chi connectivity index (χ1v) is 11.7. The minimum atomic E-state index is -0.510. The number of carbonyl (C=O) groups excluding carboxylic acids is 2. The first-order chi connectivity index (χ1) is 16.9. The molecule has 3 aromatic rings. The Morgan fingerprint density at radius 2 is 1.86 bits per heavy atom. The molecule has 2 aromatic carbocycles. The Labute approximate surface area is 213 Å². The third-order valence-electron chi connectivity index (χ3n) is 5.53. The fourth-order valence-electron chi connectivity index (χ4n) is 3.64. The summed E-state index contributed by atoms with van der Waals surface area (Å²) in [5.74, 6) is -0.381. The number of anilines is 2. The number of hydrogen-bond donors (Lipinski definition) is 2. The number of hydrogen-bond acceptors (Lipinski definition) is 7. The number of nitrogens with one attached hydrogen (secondary N) is 2. The predicted octanol–water partition coefficient (Wildman–Crippen LogP) is 4.66. The third kappa shape index (κ3) is 5.82. The van der Waals surface area contributed by atoms with Crippen molar-refractivity contribution < 1.29 is 23.5 Å². The smallest absolute Gasteiger partial charge is 0.337 e. The molecule has 0 aliphatic carbocycles. The number of halogens is 1. The van der Waals surface area contributed by atoms with Gasteiger partial charge in [0.05, 0.1) is 37.3 Å². The molecule has 0 bridgehead atoms. The molecule has 1 saturated heterocycles. The molecule has 0 saturated carbocycles. The van der Waals surface area contributed by atoms with Gasteiger partial charge >= 0.3 is 5.97 Å². The lowest BCUT2D eigenvalue weighted by Gasteiger charge is -2.31. The van der Waals surface area contributed by atoms with Crippen molar-refractivity contribution in [1.29, 1.82) is 0 Å². The lowest BCUT2D eigenvalue weighted by atomic mass is 10.1. The maximum Gasteiger partial charge on any atom is 0.337 e. The van der Waals surface area contributed by atoms with Gasteiger partial charge in [0.2, 0.25) is 0 Å². The molecule has 1 amide bonds. The second-order valence-electron chi connectivity index (χ2n) is 7.86. The topological polar surface area (TPSA) is 93.0 Å². The third-order valence-corrected chi connectivity index (χ3v) is 6.14. The summed E-state index contributed by atoms with van der Waals surface area (Å²) in [6.07, 6.45) is 0. The van der Waals surface area contributed by atoms with Gasteiger partial charge in [-0.25, -0.2) is 4.79 Å². The maximum absolute atomic E-state index is 12.8. The Hall–Kier alpha value is -3.40. The minimum absolute atomic E-state index is 0.0582. The SMILES string of the molecule is COC(=O)c1ccc(N2CCOCC2)c(NC(=S)NC(=O)c2ccc(-c3ccc(C)c(Cl)c3)o2)c1. The highest BCUT2D eigenvalue weighted by Crippen LogP contribution is 2.29. The van der Waals surface area contributed by atoms with Gasteiger partial charge in [0, 0.05) is 23.7 Å². The normalized spacial score (nSPS) is 13.3. The van der Waals surface area contributed by atoms with Gasteiger partial charge in [-0.15, -0.1) is 0 Å². The molecular weight excluding hydrogens is 490 g/mol. The molecule has 10 heteroatoms. The first-order valence-electron chi connectivity index (χ1n) is 10.9. The van der Waals surface area contributed by atoms with E-state index < -0.39 is 11.9 Å². The summed E-state index contributed by atoms with van der Waals surface area (Å²) in [5, 5.41) is 6.32. The number of rotatable bonds is 5. The van der Waals surface area contributed by atoms with E-state index in [9.17, 15) is 9.59 Å². The number of morpholine rings is 1. The van der Waals surface area contributed by atoms with Crippen molar-refractivity contribution in [2.75, 3.05) is 43.6 Å². The summed E-state index contributed by atoms with van der Waals surface area (Å²) < 4.78 is 16.0. The zero-order valence-corrected chi connectivity index (χ0v) is 20.8. The highest BCUT2D eigenvalue weighted by molar-refractivity contribution is 7.80. The van der Waals surface area contributed by atoms with E-state index in [1.807, 2.05) is 25.1 Å². The lowest BCUT2D eigenvalue weighted by Crippen LogP contribution is -2.38. The number of thiocarbonyl (C=S) groups is 1. The van der Waals surface area contributed by atoms with Crippen LogP contribution in [-0.2, 0) is 9.47 Å². The number of aryl methyl sites for hydroxylation is 1. The van der Waals surface area contributed by atoms with Gasteiger partial charge < -0.3 is 24.1 Å². The summed E-state index contributed by atoms with van der Waals surface area (Å²) in [4.78, 5) is 26.9.